The van der Waals surface area contributed by atoms with Gasteiger partial charge >= 0.3 is 18.2 Å². The Kier molecular flexibility index (Phi) is 20.8. The summed E-state index contributed by atoms with van der Waals surface area (Å²) in [6, 6.07) is 45.8. The number of carboxylic acid groups (broad SMARTS) is 1. The van der Waals surface area contributed by atoms with Crippen LogP contribution >= 0.6 is 45.9 Å². The number of hydrogen-bond acceptors (Lipinski definition) is 11. The highest BCUT2D eigenvalue weighted by atomic mass is 35.5. The molecule has 6 heterocycles. The predicted molar refractivity (Wildman–Crippen MR) is 350 cm³/mol. The van der Waals surface area contributed by atoms with Crippen LogP contribution in [-0.4, -0.2) is 112 Å². The third kappa shape index (κ3) is 15.0. The second kappa shape index (κ2) is 28.6. The molecule has 4 aliphatic rings. The number of halogens is 2. The summed E-state index contributed by atoms with van der Waals surface area (Å²) in [7, 11) is 1.61. The number of nitrogens with one attached hydrogen (secondary N) is 1. The summed E-state index contributed by atoms with van der Waals surface area (Å²) in [5, 5.41) is 21.1. The molecule has 2 amide bonds. The van der Waals surface area contributed by atoms with E-state index in [0.717, 1.165) is 76.4 Å². The van der Waals surface area contributed by atoms with Gasteiger partial charge in [0.1, 0.15) is 13.2 Å². The molecule has 2 fully saturated rings. The van der Waals surface area contributed by atoms with E-state index in [1.807, 2.05) is 56.0 Å². The maximum absolute atomic E-state index is 13.6. The van der Waals surface area contributed by atoms with E-state index in [1.54, 1.807) is 53.2 Å². The molecule has 2 aliphatic carbocycles. The molecule has 4 aromatic heterocycles. The van der Waals surface area contributed by atoms with Gasteiger partial charge in [0, 0.05) is 78.1 Å². The molecule has 0 radical (unpaired) electrons. The summed E-state index contributed by atoms with van der Waals surface area (Å²) in [6.45, 7) is 12.6. The van der Waals surface area contributed by atoms with E-state index >= 15 is 0 Å². The molecule has 2 N–H and O–H groups in total. The molecule has 2 aliphatic heterocycles. The van der Waals surface area contributed by atoms with E-state index in [1.165, 1.54) is 54.3 Å². The van der Waals surface area contributed by atoms with Crippen LogP contribution in [0.25, 0.3) is 22.3 Å². The number of methoxy groups -OCH3 is 1. The quantitative estimate of drug-likeness (QED) is 0.0895. The number of amides is 2. The topological polar surface area (TPSA) is 169 Å². The number of ether oxygens (including phenoxy) is 3. The standard InChI is InChI=1S/C35H38ClN3O4S.C29H28ClN3O2S.C6H12O2/c1-35(2,22-42-3)33(40)39-24(12-13-25-14-15-32(36)44-25)20-31(37-39)23-16-18-38(19-17-23)34(41)43-21-30-28-10-6-4-8-26(28)27-9-5-7-11-29(27)30;30-28-12-11-21(36-28)10-9-20-17-27(32-31-20)19-13-15-33(16-14-19)29(34)35-18-26-24-7-3-1-5-22(24)23-6-2-4-8-25(23)26;1-4-6(2,3)5(7)8/h4-11,14-15,20,23,30H,12-13,16-19,21-22H2,1-3H3;1-8,11-12,17,19,26H,9-10,13-16,18H2,(H,31,32);4H2,1-3H3,(H,7,8). The number of H-pyrrole nitrogens is 1. The zero-order chi connectivity index (χ0) is 62.1. The van der Waals surface area contributed by atoms with E-state index < -0.39 is 16.8 Å². The summed E-state index contributed by atoms with van der Waals surface area (Å²) >= 11 is 15.4. The molecule has 0 bridgehead atoms. The van der Waals surface area contributed by atoms with Crippen molar-refractivity contribution in [2.45, 2.75) is 116 Å². The third-order valence-electron chi connectivity index (χ3n) is 17.7. The number of aromatic nitrogens is 4. The highest BCUT2D eigenvalue weighted by molar-refractivity contribution is 7.16. The first-order chi connectivity index (χ1) is 42.4. The van der Waals surface area contributed by atoms with Gasteiger partial charge in [0.05, 0.1) is 37.5 Å². The van der Waals surface area contributed by atoms with Crippen molar-refractivity contribution in [2.75, 3.05) is 53.1 Å². The lowest BCUT2D eigenvalue weighted by Gasteiger charge is -2.31. The molecule has 0 atom stereocenters. The van der Waals surface area contributed by atoms with Crippen LogP contribution in [0.1, 0.15) is 150 Å². The number of nitrogens with zero attached hydrogens (tertiary/aromatic N) is 5. The molecular weight excluding hydrogens is 1190 g/mol. The fraction of sp³-hybridized carbons (Fsp3) is 0.400. The molecule has 8 aromatic rings. The average Bonchev–Trinajstić information content (AvgIpc) is 2.06. The van der Waals surface area contributed by atoms with Gasteiger partial charge in [-0.2, -0.15) is 10.2 Å². The molecule has 14 nitrogen and oxygen atoms in total. The van der Waals surface area contributed by atoms with Gasteiger partial charge in [0.2, 0.25) is 0 Å². The Morgan fingerprint density at radius 2 is 1.02 bits per heavy atom. The molecule has 88 heavy (non-hydrogen) atoms. The Hall–Kier alpha value is -7.08. The molecule has 18 heteroatoms. The lowest BCUT2D eigenvalue weighted by Crippen LogP contribution is -2.39. The third-order valence-corrected chi connectivity index (χ3v) is 20.3. The maximum atomic E-state index is 13.6. The number of aliphatic carboxylic acids is 1. The molecule has 2 saturated heterocycles. The summed E-state index contributed by atoms with van der Waals surface area (Å²) in [4.78, 5) is 56.1. The highest BCUT2D eigenvalue weighted by Crippen LogP contribution is 2.46. The fourth-order valence-electron chi connectivity index (χ4n) is 12.1. The lowest BCUT2D eigenvalue weighted by molar-refractivity contribution is -0.147. The number of carbonyl (C=O) groups excluding carboxylic acids is 3. The van der Waals surface area contributed by atoms with Crippen LogP contribution in [0.5, 0.6) is 0 Å². The Morgan fingerprint density at radius 1 is 0.591 bits per heavy atom. The average molecular weight is 1270 g/mol. The second-order valence-electron chi connectivity index (χ2n) is 24.5. The fourth-order valence-corrected chi connectivity index (χ4v) is 14.3. The Labute approximate surface area is 534 Å². The Morgan fingerprint density at radius 3 is 1.42 bits per heavy atom. The van der Waals surface area contributed by atoms with E-state index in [2.05, 4.69) is 113 Å². The highest BCUT2D eigenvalue weighted by Gasteiger charge is 2.36. The van der Waals surface area contributed by atoms with Crippen molar-refractivity contribution < 1.29 is 38.5 Å². The van der Waals surface area contributed by atoms with Crippen molar-refractivity contribution in [3.8, 4) is 22.3 Å². The smallest absolute Gasteiger partial charge is 0.409 e. The van der Waals surface area contributed by atoms with Crippen molar-refractivity contribution in [1.29, 1.82) is 0 Å². The van der Waals surface area contributed by atoms with Crippen LogP contribution < -0.4 is 0 Å². The maximum Gasteiger partial charge on any atom is 0.409 e. The zero-order valence-corrected chi connectivity index (χ0v) is 54.1. The Bertz CT molecular complexity index is 3630. The summed E-state index contributed by atoms with van der Waals surface area (Å²) in [5.41, 5.74) is 12.6. The van der Waals surface area contributed by atoms with E-state index in [9.17, 15) is 19.2 Å². The number of rotatable bonds is 17. The normalized spacial score (nSPS) is 15.1. The SMILES string of the molecule is CCC(C)(C)C(=O)O.COCC(C)(C)C(=O)n1nc(C2CCN(C(=O)OCC3c4ccccc4-c4ccccc43)CC2)cc1CCc1ccc(Cl)s1.O=C(OCC1c2ccccc2-c2ccccc21)N1CCC(c2cc(CCc3ccc(Cl)s3)[nH]n2)CC1. The first kappa shape index (κ1) is 63.9. The van der Waals surface area contributed by atoms with Gasteiger partial charge in [-0.3, -0.25) is 14.7 Å². The van der Waals surface area contributed by atoms with Gasteiger partial charge in [-0.25, -0.2) is 14.3 Å². The first-order valence-corrected chi connectivity index (χ1v) is 32.9. The van der Waals surface area contributed by atoms with Crippen LogP contribution in [0, 0.1) is 10.8 Å². The van der Waals surface area contributed by atoms with Crippen LogP contribution in [0.3, 0.4) is 0 Å². The number of thiophene rings is 2. The van der Waals surface area contributed by atoms with E-state index in [-0.39, 0.29) is 35.8 Å². The van der Waals surface area contributed by atoms with Crippen LogP contribution in [0.15, 0.2) is 133 Å². The lowest BCUT2D eigenvalue weighted by atomic mass is 9.91. The number of piperidine rings is 2. The van der Waals surface area contributed by atoms with E-state index in [0.29, 0.717) is 64.8 Å². The monoisotopic (exact) mass is 1260 g/mol. The van der Waals surface area contributed by atoms with Gasteiger partial charge < -0.3 is 29.1 Å². The number of carbonyl (C=O) groups is 4. The number of aromatic amines is 1. The van der Waals surface area contributed by atoms with Crippen molar-refractivity contribution in [3.63, 3.8) is 0 Å². The second-order valence-corrected chi connectivity index (χ2v) is 28.1. The number of aryl methyl sites for hydroxylation is 4. The van der Waals surface area contributed by atoms with Crippen molar-refractivity contribution in [1.82, 2.24) is 29.8 Å². The van der Waals surface area contributed by atoms with Gasteiger partial charge in [0.15, 0.2) is 0 Å². The molecule has 12 rings (SSSR count). The number of carboxylic acids is 1. The van der Waals surface area contributed by atoms with Gasteiger partial charge in [-0.1, -0.05) is 127 Å². The molecule has 0 unspecified atom stereocenters. The molecule has 462 valence electrons. The molecule has 4 aromatic carbocycles. The van der Waals surface area contributed by atoms with Crippen molar-refractivity contribution in [2.24, 2.45) is 10.8 Å². The summed E-state index contributed by atoms with van der Waals surface area (Å²) < 4.78 is 20.3. The van der Waals surface area contributed by atoms with Crippen LogP contribution in [0.2, 0.25) is 8.67 Å². The molecule has 0 spiro atoms. The minimum absolute atomic E-state index is 0.0383. The number of benzene rings is 4. The summed E-state index contributed by atoms with van der Waals surface area (Å²) in [5.74, 6) is -0.158. The van der Waals surface area contributed by atoms with E-state index in [4.69, 9.17) is 47.6 Å². The Balaban J connectivity index is 0.000000175. The van der Waals surface area contributed by atoms with Crippen molar-refractivity contribution >= 4 is 69.9 Å². The van der Waals surface area contributed by atoms with Gasteiger partial charge in [-0.15, -0.1) is 22.7 Å². The largest absolute Gasteiger partial charge is 0.481 e. The predicted octanol–water partition coefficient (Wildman–Crippen LogP) is 16.4. The van der Waals surface area contributed by atoms with Crippen molar-refractivity contribution in [3.05, 3.63) is 197 Å². The summed E-state index contributed by atoms with van der Waals surface area (Å²) in [6.07, 6.45) is 6.84. The van der Waals surface area contributed by atoms with Crippen LogP contribution in [-0.2, 0) is 44.7 Å². The number of fused-ring (bicyclic) bond motifs is 6. The zero-order valence-electron chi connectivity index (χ0n) is 50.9. The van der Waals surface area contributed by atoms with Gasteiger partial charge in [0.25, 0.3) is 5.91 Å². The minimum atomic E-state index is -0.722. The van der Waals surface area contributed by atoms with Crippen LogP contribution in [0.4, 0.5) is 9.59 Å². The molecular formula is C70H78Cl2N6O8S2. The first-order valence-electron chi connectivity index (χ1n) is 30.5. The number of likely N-dealkylation sites (tertiary alicyclic amines) is 2. The molecule has 0 saturated carbocycles. The van der Waals surface area contributed by atoms with Gasteiger partial charge in [-0.05, 0) is 166 Å². The minimum Gasteiger partial charge on any atom is -0.481 e. The number of hydrogen-bond donors (Lipinski definition) is 2.